The standard InChI is InChI=1S/C9H16N4/c1-6(2)8-7(10)9-12(3)4-5-13(9)11-8/h6H,4-5,10H2,1-3H3. The third-order valence-corrected chi connectivity index (χ3v) is 2.55. The lowest BCUT2D eigenvalue weighted by atomic mass is 10.1. The Labute approximate surface area is 78.3 Å². The molecule has 2 heterocycles. The predicted octanol–water partition coefficient (Wildman–Crippen LogP) is 1.04. The lowest BCUT2D eigenvalue weighted by Gasteiger charge is -2.10. The monoisotopic (exact) mass is 180 g/mol. The van der Waals surface area contributed by atoms with E-state index in [0.29, 0.717) is 5.92 Å². The molecule has 0 aromatic carbocycles. The summed E-state index contributed by atoms with van der Waals surface area (Å²) in [6.45, 7) is 6.22. The summed E-state index contributed by atoms with van der Waals surface area (Å²) in [4.78, 5) is 2.16. The fraction of sp³-hybridized carbons (Fsp3) is 0.667. The van der Waals surface area contributed by atoms with Crippen LogP contribution in [0.25, 0.3) is 0 Å². The van der Waals surface area contributed by atoms with E-state index < -0.39 is 0 Å². The first-order valence-corrected chi connectivity index (χ1v) is 4.68. The summed E-state index contributed by atoms with van der Waals surface area (Å²) in [6, 6.07) is 0. The molecule has 72 valence electrons. The van der Waals surface area contributed by atoms with E-state index in [9.17, 15) is 0 Å². The van der Waals surface area contributed by atoms with Gasteiger partial charge in [0.05, 0.1) is 17.9 Å². The van der Waals surface area contributed by atoms with Crippen molar-refractivity contribution in [2.24, 2.45) is 0 Å². The second kappa shape index (κ2) is 2.65. The zero-order valence-corrected chi connectivity index (χ0v) is 8.41. The highest BCUT2D eigenvalue weighted by Gasteiger charge is 2.24. The van der Waals surface area contributed by atoms with Gasteiger partial charge in [0.2, 0.25) is 0 Å². The molecule has 2 N–H and O–H groups in total. The SMILES string of the molecule is CC(C)c1nn2c(c1N)N(C)CC2. The summed E-state index contributed by atoms with van der Waals surface area (Å²) in [7, 11) is 2.06. The van der Waals surface area contributed by atoms with E-state index in [1.54, 1.807) is 0 Å². The Bertz CT molecular complexity index is 327. The number of likely N-dealkylation sites (N-methyl/N-ethyl adjacent to an activating group) is 1. The Hall–Kier alpha value is -1.19. The van der Waals surface area contributed by atoms with E-state index in [1.807, 2.05) is 4.68 Å². The van der Waals surface area contributed by atoms with Crippen LogP contribution in [0.15, 0.2) is 0 Å². The smallest absolute Gasteiger partial charge is 0.150 e. The summed E-state index contributed by atoms with van der Waals surface area (Å²) in [6.07, 6.45) is 0. The van der Waals surface area contributed by atoms with Crippen molar-refractivity contribution in [1.29, 1.82) is 0 Å². The Morgan fingerprint density at radius 2 is 2.08 bits per heavy atom. The number of hydrogen-bond donors (Lipinski definition) is 1. The van der Waals surface area contributed by atoms with Crippen molar-refractivity contribution < 1.29 is 0 Å². The van der Waals surface area contributed by atoms with Gasteiger partial charge >= 0.3 is 0 Å². The van der Waals surface area contributed by atoms with Crippen molar-refractivity contribution in [3.63, 3.8) is 0 Å². The average Bonchev–Trinajstić information content (AvgIpc) is 2.55. The molecule has 1 aromatic heterocycles. The number of aromatic nitrogens is 2. The third-order valence-electron chi connectivity index (χ3n) is 2.55. The molecule has 0 unspecified atom stereocenters. The summed E-state index contributed by atoms with van der Waals surface area (Å²) in [5, 5.41) is 4.49. The number of rotatable bonds is 1. The molecule has 1 aliphatic heterocycles. The number of hydrogen-bond acceptors (Lipinski definition) is 3. The minimum Gasteiger partial charge on any atom is -0.394 e. The molecular weight excluding hydrogens is 164 g/mol. The van der Waals surface area contributed by atoms with Gasteiger partial charge in [0, 0.05) is 13.6 Å². The van der Waals surface area contributed by atoms with Crippen LogP contribution in [0.3, 0.4) is 0 Å². The van der Waals surface area contributed by atoms with Crippen LogP contribution in [-0.2, 0) is 6.54 Å². The molecule has 0 spiro atoms. The maximum atomic E-state index is 6.02. The minimum absolute atomic E-state index is 0.409. The number of nitrogens with zero attached hydrogens (tertiary/aromatic N) is 3. The van der Waals surface area contributed by atoms with Gasteiger partial charge in [-0.3, -0.25) is 0 Å². The van der Waals surface area contributed by atoms with Crippen LogP contribution in [0, 0.1) is 0 Å². The van der Waals surface area contributed by atoms with Crippen molar-refractivity contribution >= 4 is 11.5 Å². The molecule has 2 rings (SSSR count). The van der Waals surface area contributed by atoms with Gasteiger partial charge < -0.3 is 10.6 Å². The van der Waals surface area contributed by atoms with Crippen LogP contribution in [0.1, 0.15) is 25.5 Å². The Morgan fingerprint density at radius 1 is 1.38 bits per heavy atom. The third kappa shape index (κ3) is 1.08. The fourth-order valence-electron chi connectivity index (χ4n) is 1.82. The highest BCUT2D eigenvalue weighted by molar-refractivity contribution is 5.68. The number of nitrogen functional groups attached to an aromatic ring is 1. The Kier molecular flexibility index (Phi) is 1.71. The van der Waals surface area contributed by atoms with Gasteiger partial charge in [0.15, 0.2) is 5.82 Å². The second-order valence-corrected chi connectivity index (χ2v) is 3.92. The molecule has 0 saturated heterocycles. The predicted molar refractivity (Wildman–Crippen MR) is 54.0 cm³/mol. The highest BCUT2D eigenvalue weighted by atomic mass is 15.4. The quantitative estimate of drug-likeness (QED) is 0.702. The number of nitrogens with two attached hydrogens (primary N) is 1. The first kappa shape index (κ1) is 8.41. The van der Waals surface area contributed by atoms with E-state index in [2.05, 4.69) is 30.9 Å². The second-order valence-electron chi connectivity index (χ2n) is 3.92. The van der Waals surface area contributed by atoms with Gasteiger partial charge in [-0.2, -0.15) is 5.10 Å². The van der Waals surface area contributed by atoms with Gasteiger partial charge in [-0.15, -0.1) is 0 Å². The highest BCUT2D eigenvalue weighted by Crippen LogP contribution is 2.33. The zero-order valence-electron chi connectivity index (χ0n) is 8.41. The van der Waals surface area contributed by atoms with E-state index in [-0.39, 0.29) is 0 Å². The van der Waals surface area contributed by atoms with Crippen molar-refractivity contribution in [2.75, 3.05) is 24.2 Å². The molecule has 0 atom stereocenters. The summed E-state index contributed by atoms with van der Waals surface area (Å²) in [5.74, 6) is 1.50. The molecule has 4 nitrogen and oxygen atoms in total. The van der Waals surface area contributed by atoms with Crippen LogP contribution >= 0.6 is 0 Å². The van der Waals surface area contributed by atoms with Crippen molar-refractivity contribution in [3.05, 3.63) is 5.69 Å². The van der Waals surface area contributed by atoms with Gasteiger partial charge in [-0.25, -0.2) is 4.68 Å². The number of fused-ring (bicyclic) bond motifs is 1. The Balaban J connectivity index is 2.50. The van der Waals surface area contributed by atoms with Crippen molar-refractivity contribution in [1.82, 2.24) is 9.78 Å². The lowest BCUT2D eigenvalue weighted by Crippen LogP contribution is -2.14. The molecular formula is C9H16N4. The molecule has 0 fully saturated rings. The maximum absolute atomic E-state index is 6.02. The van der Waals surface area contributed by atoms with E-state index in [1.165, 1.54) is 0 Å². The van der Waals surface area contributed by atoms with Crippen LogP contribution in [0.4, 0.5) is 11.5 Å². The largest absolute Gasteiger partial charge is 0.394 e. The maximum Gasteiger partial charge on any atom is 0.150 e. The lowest BCUT2D eigenvalue weighted by molar-refractivity contribution is 0.659. The van der Waals surface area contributed by atoms with E-state index >= 15 is 0 Å². The molecule has 0 bridgehead atoms. The first-order chi connectivity index (χ1) is 6.11. The Morgan fingerprint density at radius 3 is 2.62 bits per heavy atom. The summed E-state index contributed by atoms with van der Waals surface area (Å²) >= 11 is 0. The van der Waals surface area contributed by atoms with Gasteiger partial charge in [-0.05, 0) is 5.92 Å². The van der Waals surface area contributed by atoms with Crippen molar-refractivity contribution in [3.8, 4) is 0 Å². The van der Waals surface area contributed by atoms with Crippen LogP contribution in [-0.4, -0.2) is 23.4 Å². The van der Waals surface area contributed by atoms with Crippen molar-refractivity contribution in [2.45, 2.75) is 26.3 Å². The molecule has 1 aliphatic rings. The normalized spacial score (nSPS) is 15.5. The molecule has 4 heteroatoms. The first-order valence-electron chi connectivity index (χ1n) is 4.68. The summed E-state index contributed by atoms with van der Waals surface area (Å²) < 4.78 is 2.00. The summed E-state index contributed by atoms with van der Waals surface area (Å²) in [5.41, 5.74) is 7.91. The zero-order chi connectivity index (χ0) is 9.59. The van der Waals surface area contributed by atoms with Crippen LogP contribution in [0.5, 0.6) is 0 Å². The minimum atomic E-state index is 0.409. The molecule has 0 saturated carbocycles. The molecule has 0 aliphatic carbocycles. The molecule has 0 amide bonds. The number of anilines is 2. The topological polar surface area (TPSA) is 47.1 Å². The molecule has 1 aromatic rings. The van der Waals surface area contributed by atoms with Gasteiger partial charge in [-0.1, -0.05) is 13.8 Å². The van der Waals surface area contributed by atoms with E-state index in [4.69, 9.17) is 5.73 Å². The van der Waals surface area contributed by atoms with Gasteiger partial charge in [0.1, 0.15) is 0 Å². The van der Waals surface area contributed by atoms with E-state index in [0.717, 1.165) is 30.3 Å². The van der Waals surface area contributed by atoms with Gasteiger partial charge in [0.25, 0.3) is 0 Å². The van der Waals surface area contributed by atoms with Crippen LogP contribution < -0.4 is 10.6 Å². The average molecular weight is 180 g/mol. The molecule has 13 heavy (non-hydrogen) atoms. The molecule has 0 radical (unpaired) electrons. The fourth-order valence-corrected chi connectivity index (χ4v) is 1.82. The van der Waals surface area contributed by atoms with Crippen LogP contribution in [0.2, 0.25) is 0 Å².